The third kappa shape index (κ3) is 5.18. The Morgan fingerprint density at radius 1 is 0.429 bits per heavy atom. The summed E-state index contributed by atoms with van der Waals surface area (Å²) in [7, 11) is 0. The first-order valence-electron chi connectivity index (χ1n) is 15.9. The lowest BCUT2D eigenvalue weighted by Crippen LogP contribution is -2.04. The van der Waals surface area contributed by atoms with E-state index in [1.54, 1.807) is 0 Å². The van der Waals surface area contributed by atoms with Gasteiger partial charge in [0, 0.05) is 21.9 Å². The molecule has 7 aromatic carbocycles. The predicted molar refractivity (Wildman–Crippen MR) is 191 cm³/mol. The maximum Gasteiger partial charge on any atom is 0.416 e. The molecule has 234 valence electrons. The minimum Gasteiger partial charge on any atom is -0.436 e. The highest BCUT2D eigenvalue weighted by Crippen LogP contribution is 2.37. The molecule has 0 spiro atoms. The summed E-state index contributed by atoms with van der Waals surface area (Å²) >= 11 is 0. The van der Waals surface area contributed by atoms with E-state index >= 15 is 0 Å². The quantitative estimate of drug-likeness (QED) is 0.179. The van der Waals surface area contributed by atoms with Crippen LogP contribution in [0.3, 0.4) is 0 Å². The molecule has 0 fully saturated rings. The summed E-state index contributed by atoms with van der Waals surface area (Å²) in [6.45, 7) is 0. The van der Waals surface area contributed by atoms with E-state index < -0.39 is 11.7 Å². The number of benzene rings is 7. The number of hydrogen-bond donors (Lipinski definition) is 0. The van der Waals surface area contributed by atoms with Gasteiger partial charge in [-0.15, -0.1) is 0 Å². The highest BCUT2D eigenvalue weighted by Gasteiger charge is 2.30. The van der Waals surface area contributed by atoms with Gasteiger partial charge in [-0.3, -0.25) is 0 Å². The summed E-state index contributed by atoms with van der Waals surface area (Å²) in [5, 5.41) is 5.12. The zero-order valence-electron chi connectivity index (χ0n) is 25.9. The Morgan fingerprint density at radius 2 is 1.00 bits per heavy atom. The number of alkyl halides is 3. The van der Waals surface area contributed by atoms with Gasteiger partial charge in [-0.05, 0) is 93.0 Å². The molecule has 0 aliphatic heterocycles. The Balaban J connectivity index is 1.05. The molecule has 2 aromatic heterocycles. The van der Waals surface area contributed by atoms with E-state index in [0.717, 1.165) is 83.5 Å². The number of oxazole rings is 1. The fourth-order valence-electron chi connectivity index (χ4n) is 6.58. The Hall–Kier alpha value is -6.27. The molecule has 49 heavy (non-hydrogen) atoms. The first kappa shape index (κ1) is 28.9. The molecule has 9 aromatic rings. The number of nitrogens with zero attached hydrogens (tertiary/aromatic N) is 2. The lowest BCUT2D eigenvalue weighted by Gasteiger charge is -2.13. The second-order valence-electron chi connectivity index (χ2n) is 12.2. The van der Waals surface area contributed by atoms with Crippen molar-refractivity contribution in [2.45, 2.75) is 6.18 Å². The molecule has 6 heteroatoms. The molecule has 3 nitrogen and oxygen atoms in total. The fraction of sp³-hybridized carbons (Fsp3) is 0.0233. The van der Waals surface area contributed by atoms with Gasteiger partial charge < -0.3 is 4.42 Å². The van der Waals surface area contributed by atoms with Gasteiger partial charge in [-0.2, -0.15) is 13.2 Å². The monoisotopic (exact) mass is 642 g/mol. The van der Waals surface area contributed by atoms with Crippen LogP contribution in [0.4, 0.5) is 13.2 Å². The highest BCUT2D eigenvalue weighted by molar-refractivity contribution is 6.11. The van der Waals surface area contributed by atoms with Crippen molar-refractivity contribution in [3.8, 4) is 45.0 Å². The molecule has 0 aliphatic rings. The highest BCUT2D eigenvalue weighted by atomic mass is 19.4. The standard InChI is InChI=1S/C43H25F3N2O/c44-43(45,46)34-20-17-27(18-21-34)41-37-6-2-1-5-35(37)36-22-19-33(25-39(36)47-41)32-16-15-30-23-29(13-14-31(30)24-32)26-9-11-28(12-10-26)42-48-38-7-3-4-8-40(38)49-42/h1-25H. The van der Waals surface area contributed by atoms with Gasteiger partial charge in [-0.1, -0.05) is 97.1 Å². The van der Waals surface area contributed by atoms with Crippen LogP contribution in [0, 0.1) is 0 Å². The molecule has 0 atom stereocenters. The Bertz CT molecular complexity index is 2660. The molecule has 0 saturated heterocycles. The summed E-state index contributed by atoms with van der Waals surface area (Å²) in [6, 6.07) is 48.2. The van der Waals surface area contributed by atoms with Crippen LogP contribution >= 0.6 is 0 Å². The number of fused-ring (bicyclic) bond motifs is 5. The number of aromatic nitrogens is 2. The van der Waals surface area contributed by atoms with Crippen molar-refractivity contribution in [1.29, 1.82) is 0 Å². The average Bonchev–Trinajstić information content (AvgIpc) is 3.58. The van der Waals surface area contributed by atoms with E-state index in [1.165, 1.54) is 12.1 Å². The summed E-state index contributed by atoms with van der Waals surface area (Å²) < 4.78 is 45.7. The first-order valence-corrected chi connectivity index (χ1v) is 15.9. The summed E-state index contributed by atoms with van der Waals surface area (Å²) in [5.74, 6) is 0.603. The topological polar surface area (TPSA) is 38.9 Å². The van der Waals surface area contributed by atoms with Crippen LogP contribution in [0.15, 0.2) is 156 Å². The molecule has 0 unspecified atom stereocenters. The second kappa shape index (κ2) is 11.2. The minimum absolute atomic E-state index is 0.603. The average molecular weight is 643 g/mol. The van der Waals surface area contributed by atoms with E-state index in [1.807, 2.05) is 60.7 Å². The largest absolute Gasteiger partial charge is 0.436 e. The van der Waals surface area contributed by atoms with Crippen molar-refractivity contribution in [3.05, 3.63) is 157 Å². The first-order chi connectivity index (χ1) is 23.9. The Labute approximate surface area is 278 Å². The van der Waals surface area contributed by atoms with E-state index in [4.69, 9.17) is 9.40 Å². The zero-order chi connectivity index (χ0) is 33.1. The molecule has 2 heterocycles. The molecule has 0 amide bonds. The number of para-hydroxylation sites is 2. The van der Waals surface area contributed by atoms with Crippen molar-refractivity contribution in [2.24, 2.45) is 0 Å². The summed E-state index contributed by atoms with van der Waals surface area (Å²) in [6.07, 6.45) is -4.39. The lowest BCUT2D eigenvalue weighted by atomic mass is 9.95. The lowest BCUT2D eigenvalue weighted by molar-refractivity contribution is -0.137. The van der Waals surface area contributed by atoms with Crippen molar-refractivity contribution in [2.75, 3.05) is 0 Å². The molecule has 0 N–H and O–H groups in total. The van der Waals surface area contributed by atoms with E-state index in [-0.39, 0.29) is 0 Å². The van der Waals surface area contributed by atoms with Crippen LogP contribution in [0.5, 0.6) is 0 Å². The van der Waals surface area contributed by atoms with Crippen LogP contribution in [0.25, 0.3) is 88.5 Å². The maximum atomic E-state index is 13.3. The molecule has 0 saturated carbocycles. The third-order valence-corrected chi connectivity index (χ3v) is 9.12. The van der Waals surface area contributed by atoms with E-state index in [9.17, 15) is 13.2 Å². The predicted octanol–water partition coefficient (Wildman–Crippen LogP) is 12.4. The maximum absolute atomic E-state index is 13.3. The van der Waals surface area contributed by atoms with E-state index in [0.29, 0.717) is 17.1 Å². The van der Waals surface area contributed by atoms with Crippen LogP contribution in [0.2, 0.25) is 0 Å². The van der Waals surface area contributed by atoms with Crippen molar-refractivity contribution in [1.82, 2.24) is 9.97 Å². The van der Waals surface area contributed by atoms with Gasteiger partial charge in [0.25, 0.3) is 0 Å². The normalized spacial score (nSPS) is 12.0. The Morgan fingerprint density at radius 3 is 1.71 bits per heavy atom. The zero-order valence-corrected chi connectivity index (χ0v) is 25.9. The van der Waals surface area contributed by atoms with Crippen molar-refractivity contribution < 1.29 is 17.6 Å². The molecular weight excluding hydrogens is 617 g/mol. The molecule has 0 aliphatic carbocycles. The van der Waals surface area contributed by atoms with Crippen LogP contribution in [-0.4, -0.2) is 9.97 Å². The van der Waals surface area contributed by atoms with Gasteiger partial charge in [0.05, 0.1) is 16.8 Å². The molecule has 0 bridgehead atoms. The number of rotatable bonds is 4. The van der Waals surface area contributed by atoms with Crippen LogP contribution in [-0.2, 0) is 6.18 Å². The van der Waals surface area contributed by atoms with E-state index in [2.05, 4.69) is 71.7 Å². The van der Waals surface area contributed by atoms with Crippen LogP contribution < -0.4 is 0 Å². The second-order valence-corrected chi connectivity index (χ2v) is 12.2. The fourth-order valence-corrected chi connectivity index (χ4v) is 6.58. The van der Waals surface area contributed by atoms with Gasteiger partial charge in [0.1, 0.15) is 5.52 Å². The molecular formula is C43H25F3N2O. The molecule has 0 radical (unpaired) electrons. The third-order valence-electron chi connectivity index (χ3n) is 9.12. The smallest absolute Gasteiger partial charge is 0.416 e. The number of hydrogen-bond acceptors (Lipinski definition) is 3. The summed E-state index contributed by atoms with van der Waals surface area (Å²) in [4.78, 5) is 9.62. The minimum atomic E-state index is -4.39. The van der Waals surface area contributed by atoms with Crippen molar-refractivity contribution in [3.63, 3.8) is 0 Å². The van der Waals surface area contributed by atoms with Crippen molar-refractivity contribution >= 4 is 43.5 Å². The van der Waals surface area contributed by atoms with Gasteiger partial charge in [0.2, 0.25) is 5.89 Å². The van der Waals surface area contributed by atoms with Gasteiger partial charge in [-0.25, -0.2) is 9.97 Å². The SMILES string of the molecule is FC(F)(F)c1ccc(-c2nc3cc(-c4ccc5cc(-c6ccc(-c7nc8ccccc8o7)cc6)ccc5c4)ccc3c3ccccc23)cc1. The molecule has 9 rings (SSSR count). The Kier molecular flexibility index (Phi) is 6.59. The number of pyridine rings is 1. The van der Waals surface area contributed by atoms with Gasteiger partial charge in [0.15, 0.2) is 5.58 Å². The van der Waals surface area contributed by atoms with Gasteiger partial charge >= 0.3 is 6.18 Å². The summed E-state index contributed by atoms with van der Waals surface area (Å²) in [5.41, 5.74) is 8.20. The number of halogens is 3. The van der Waals surface area contributed by atoms with Crippen LogP contribution in [0.1, 0.15) is 5.56 Å².